The minimum Gasteiger partial charge on any atom is -0.449 e. The maximum Gasteiger partial charge on any atom is 0.511 e. The number of rotatable bonds is 3. The van der Waals surface area contributed by atoms with E-state index < -0.39 is 6.16 Å². The van der Waals surface area contributed by atoms with Gasteiger partial charge in [0.25, 0.3) is 5.56 Å². The molecule has 0 amide bonds. The zero-order valence-corrected chi connectivity index (χ0v) is 14.2. The molecular formula is C19H14N4O4. The molecule has 0 aliphatic carbocycles. The Balaban J connectivity index is 1.75. The normalized spacial score (nSPS) is 10.9. The molecule has 0 spiro atoms. The number of hydrogen-bond donors (Lipinski definition) is 2. The van der Waals surface area contributed by atoms with Crippen LogP contribution in [0.1, 0.15) is 5.56 Å². The largest absolute Gasteiger partial charge is 0.511 e. The molecule has 0 aliphatic heterocycles. The maximum atomic E-state index is 12.5. The summed E-state index contributed by atoms with van der Waals surface area (Å²) in [6, 6.07) is 13.5. The van der Waals surface area contributed by atoms with Gasteiger partial charge in [-0.05, 0) is 30.2 Å². The van der Waals surface area contributed by atoms with Gasteiger partial charge in [0.2, 0.25) is 5.95 Å². The molecule has 4 aromatic rings. The summed E-state index contributed by atoms with van der Waals surface area (Å²) in [6.45, 7) is 2.02. The Bertz CT molecular complexity index is 1210. The van der Waals surface area contributed by atoms with E-state index in [0.29, 0.717) is 10.9 Å². The van der Waals surface area contributed by atoms with Crippen LogP contribution in [0, 0.1) is 6.92 Å². The number of fused-ring (bicyclic) bond motifs is 1. The zero-order chi connectivity index (χ0) is 19.0. The van der Waals surface area contributed by atoms with Gasteiger partial charge in [-0.15, -0.1) is 0 Å². The first kappa shape index (κ1) is 16.5. The van der Waals surface area contributed by atoms with Crippen LogP contribution in [0.25, 0.3) is 28.0 Å². The highest BCUT2D eigenvalue weighted by atomic mass is 16.7. The lowest BCUT2D eigenvalue weighted by molar-refractivity contribution is 0.144. The molecule has 0 atom stereocenters. The SMILES string of the molecule is Cc1ccc(-c2ccc3nc(-n4cc(OC(=O)O)cn4)[nH]c(=O)c3c2)cc1. The van der Waals surface area contributed by atoms with E-state index >= 15 is 0 Å². The van der Waals surface area contributed by atoms with Gasteiger partial charge >= 0.3 is 6.16 Å². The van der Waals surface area contributed by atoms with Gasteiger partial charge in [-0.25, -0.2) is 14.5 Å². The number of hydrogen-bond acceptors (Lipinski definition) is 5. The van der Waals surface area contributed by atoms with E-state index in [2.05, 4.69) is 19.8 Å². The fourth-order valence-corrected chi connectivity index (χ4v) is 2.74. The third-order valence-corrected chi connectivity index (χ3v) is 4.06. The molecule has 27 heavy (non-hydrogen) atoms. The monoisotopic (exact) mass is 362 g/mol. The van der Waals surface area contributed by atoms with E-state index in [1.54, 1.807) is 12.1 Å². The lowest BCUT2D eigenvalue weighted by Crippen LogP contribution is -2.13. The zero-order valence-electron chi connectivity index (χ0n) is 14.2. The third kappa shape index (κ3) is 3.28. The van der Waals surface area contributed by atoms with Crippen molar-refractivity contribution in [1.29, 1.82) is 0 Å². The van der Waals surface area contributed by atoms with Crippen molar-refractivity contribution in [1.82, 2.24) is 19.7 Å². The molecule has 0 unspecified atom stereocenters. The molecule has 0 saturated heterocycles. The highest BCUT2D eigenvalue weighted by Crippen LogP contribution is 2.23. The summed E-state index contributed by atoms with van der Waals surface area (Å²) >= 11 is 0. The predicted octanol–water partition coefficient (Wildman–Crippen LogP) is 3.14. The molecule has 0 saturated carbocycles. The van der Waals surface area contributed by atoms with Crippen molar-refractivity contribution in [2.45, 2.75) is 6.92 Å². The van der Waals surface area contributed by atoms with E-state index in [-0.39, 0.29) is 17.3 Å². The molecular weight excluding hydrogens is 348 g/mol. The fourth-order valence-electron chi connectivity index (χ4n) is 2.74. The topological polar surface area (TPSA) is 110 Å². The number of ether oxygens (including phenoxy) is 1. The summed E-state index contributed by atoms with van der Waals surface area (Å²) in [5, 5.41) is 13.0. The molecule has 2 heterocycles. The summed E-state index contributed by atoms with van der Waals surface area (Å²) < 4.78 is 5.76. The number of aromatic amines is 1. The first-order chi connectivity index (χ1) is 13.0. The van der Waals surface area contributed by atoms with Crippen LogP contribution in [-0.4, -0.2) is 31.0 Å². The molecule has 0 bridgehead atoms. The maximum absolute atomic E-state index is 12.5. The summed E-state index contributed by atoms with van der Waals surface area (Å²) in [4.78, 5) is 30.2. The van der Waals surface area contributed by atoms with Crippen molar-refractivity contribution in [2.75, 3.05) is 0 Å². The number of benzene rings is 2. The number of nitrogens with one attached hydrogen (secondary N) is 1. The quantitative estimate of drug-likeness (QED) is 0.542. The fraction of sp³-hybridized carbons (Fsp3) is 0.0526. The molecule has 2 N–H and O–H groups in total. The lowest BCUT2D eigenvalue weighted by Gasteiger charge is -2.06. The molecule has 8 nitrogen and oxygen atoms in total. The molecule has 134 valence electrons. The predicted molar refractivity (Wildman–Crippen MR) is 98.3 cm³/mol. The summed E-state index contributed by atoms with van der Waals surface area (Å²) in [5.41, 5.74) is 3.27. The van der Waals surface area contributed by atoms with Crippen LogP contribution in [0.2, 0.25) is 0 Å². The van der Waals surface area contributed by atoms with Crippen LogP contribution >= 0.6 is 0 Å². The number of carbonyl (C=O) groups is 1. The first-order valence-corrected chi connectivity index (χ1v) is 8.06. The molecule has 0 radical (unpaired) electrons. The van der Waals surface area contributed by atoms with Crippen molar-refractivity contribution in [3.8, 4) is 22.8 Å². The van der Waals surface area contributed by atoms with Gasteiger partial charge in [0.1, 0.15) is 0 Å². The molecule has 4 rings (SSSR count). The van der Waals surface area contributed by atoms with Gasteiger partial charge in [-0.1, -0.05) is 35.9 Å². The number of nitrogens with zero attached hydrogens (tertiary/aromatic N) is 3. The van der Waals surface area contributed by atoms with Crippen LogP contribution in [-0.2, 0) is 0 Å². The molecule has 2 aromatic carbocycles. The standard InChI is InChI=1S/C19H14N4O4/c1-11-2-4-12(5-3-11)13-6-7-16-15(8-13)17(24)22-18(21-16)23-10-14(9-20-23)27-19(25)26/h2-10H,1H3,(H,25,26)(H,21,22,24). The van der Waals surface area contributed by atoms with Gasteiger partial charge in [-0.3, -0.25) is 9.78 Å². The molecule has 0 aliphatic rings. The Morgan fingerprint density at radius 2 is 1.89 bits per heavy atom. The average molecular weight is 362 g/mol. The second-order valence-electron chi connectivity index (χ2n) is 5.98. The van der Waals surface area contributed by atoms with Crippen molar-refractivity contribution >= 4 is 17.1 Å². The Labute approximate surface area is 152 Å². The average Bonchev–Trinajstić information content (AvgIpc) is 3.10. The van der Waals surface area contributed by atoms with Crippen molar-refractivity contribution in [3.05, 3.63) is 70.8 Å². The molecule has 2 aromatic heterocycles. The van der Waals surface area contributed by atoms with Crippen molar-refractivity contribution in [3.63, 3.8) is 0 Å². The summed E-state index contributed by atoms with van der Waals surface area (Å²) in [6.07, 6.45) is 1.09. The van der Waals surface area contributed by atoms with Gasteiger partial charge < -0.3 is 9.84 Å². The van der Waals surface area contributed by atoms with E-state index in [1.165, 1.54) is 17.1 Å². The van der Waals surface area contributed by atoms with Crippen LogP contribution in [0.5, 0.6) is 5.75 Å². The third-order valence-electron chi connectivity index (χ3n) is 4.06. The Morgan fingerprint density at radius 1 is 1.15 bits per heavy atom. The van der Waals surface area contributed by atoms with E-state index in [0.717, 1.165) is 16.7 Å². The number of H-pyrrole nitrogens is 1. The highest BCUT2D eigenvalue weighted by Gasteiger charge is 2.10. The van der Waals surface area contributed by atoms with Crippen molar-refractivity contribution < 1.29 is 14.6 Å². The lowest BCUT2D eigenvalue weighted by atomic mass is 10.0. The summed E-state index contributed by atoms with van der Waals surface area (Å²) in [5.74, 6) is 0.191. The second kappa shape index (κ2) is 6.41. The van der Waals surface area contributed by atoms with E-state index in [1.807, 2.05) is 37.3 Å². The first-order valence-electron chi connectivity index (χ1n) is 8.06. The van der Waals surface area contributed by atoms with Gasteiger partial charge in [0.15, 0.2) is 5.75 Å². The Kier molecular flexibility index (Phi) is 3.92. The van der Waals surface area contributed by atoms with Crippen molar-refractivity contribution in [2.24, 2.45) is 0 Å². The van der Waals surface area contributed by atoms with Crippen LogP contribution in [0.4, 0.5) is 4.79 Å². The van der Waals surface area contributed by atoms with E-state index in [9.17, 15) is 9.59 Å². The summed E-state index contributed by atoms with van der Waals surface area (Å²) in [7, 11) is 0. The van der Waals surface area contributed by atoms with Crippen LogP contribution < -0.4 is 10.3 Å². The van der Waals surface area contributed by atoms with Gasteiger partial charge in [0, 0.05) is 0 Å². The number of carboxylic acid groups (broad SMARTS) is 1. The van der Waals surface area contributed by atoms with E-state index in [4.69, 9.17) is 5.11 Å². The molecule has 8 heteroatoms. The molecule has 0 fully saturated rings. The van der Waals surface area contributed by atoms with Crippen LogP contribution in [0.3, 0.4) is 0 Å². The van der Waals surface area contributed by atoms with Gasteiger partial charge in [-0.2, -0.15) is 5.10 Å². The highest BCUT2D eigenvalue weighted by molar-refractivity contribution is 5.84. The smallest absolute Gasteiger partial charge is 0.449 e. The minimum atomic E-state index is -1.45. The second-order valence-corrected chi connectivity index (χ2v) is 5.98. The number of aryl methyl sites for hydroxylation is 1. The van der Waals surface area contributed by atoms with Crippen LogP contribution in [0.15, 0.2) is 59.7 Å². The number of aromatic nitrogens is 4. The van der Waals surface area contributed by atoms with Gasteiger partial charge in [0.05, 0.1) is 23.3 Å². The Morgan fingerprint density at radius 3 is 2.63 bits per heavy atom. The minimum absolute atomic E-state index is 0.0277. The Hall–Kier alpha value is -3.94.